The second-order valence-corrected chi connectivity index (χ2v) is 4.95. The minimum Gasteiger partial charge on any atom is -0.505 e. The van der Waals surface area contributed by atoms with Crippen LogP contribution in [0.5, 0.6) is 5.75 Å². The van der Waals surface area contributed by atoms with Crippen LogP contribution in [0, 0.1) is 13.8 Å². The smallest absolute Gasteiger partial charge is 0.341 e. The number of hydrogen-bond donors (Lipinski definition) is 2. The number of phenols is 1. The van der Waals surface area contributed by atoms with Crippen molar-refractivity contribution in [3.8, 4) is 5.75 Å². The van der Waals surface area contributed by atoms with Gasteiger partial charge >= 0.3 is 5.97 Å². The molecule has 0 saturated heterocycles. The summed E-state index contributed by atoms with van der Waals surface area (Å²) in [5, 5.41) is 12.7. The summed E-state index contributed by atoms with van der Waals surface area (Å²) in [4.78, 5) is 23.8. The lowest BCUT2D eigenvalue weighted by Crippen LogP contribution is -2.13. The molecule has 0 aliphatic carbocycles. The van der Waals surface area contributed by atoms with Gasteiger partial charge in [0.25, 0.3) is 5.91 Å². The number of phenolic OH excluding ortho intramolecular Hbond substituents is 1. The highest BCUT2D eigenvalue weighted by Crippen LogP contribution is 2.28. The number of ether oxygens (including phenoxy) is 1. The molecular weight excluding hydrogens is 282 g/mol. The Morgan fingerprint density at radius 1 is 1.09 bits per heavy atom. The van der Waals surface area contributed by atoms with Gasteiger partial charge in [-0.3, -0.25) is 4.79 Å². The maximum absolute atomic E-state index is 12.2. The maximum atomic E-state index is 12.2. The van der Waals surface area contributed by atoms with E-state index >= 15 is 0 Å². The molecule has 5 heteroatoms. The molecule has 2 aromatic carbocycles. The van der Waals surface area contributed by atoms with Gasteiger partial charge < -0.3 is 15.2 Å². The largest absolute Gasteiger partial charge is 0.505 e. The molecule has 2 N–H and O–H groups in total. The molecule has 0 bridgehead atoms. The average Bonchev–Trinajstić information content (AvgIpc) is 2.51. The first kappa shape index (κ1) is 15.6. The van der Waals surface area contributed by atoms with Gasteiger partial charge in [-0.1, -0.05) is 12.1 Å². The van der Waals surface area contributed by atoms with Crippen LogP contribution in [0.2, 0.25) is 0 Å². The molecule has 0 unspecified atom stereocenters. The number of esters is 1. The van der Waals surface area contributed by atoms with Crippen molar-refractivity contribution < 1.29 is 19.4 Å². The molecule has 114 valence electrons. The zero-order valence-corrected chi connectivity index (χ0v) is 12.6. The van der Waals surface area contributed by atoms with Gasteiger partial charge in [0, 0.05) is 5.56 Å². The summed E-state index contributed by atoms with van der Waals surface area (Å²) in [5.41, 5.74) is 2.73. The third-order valence-corrected chi connectivity index (χ3v) is 3.46. The Hall–Kier alpha value is -2.82. The molecule has 2 aromatic rings. The molecule has 0 aliphatic heterocycles. The first-order valence-electron chi connectivity index (χ1n) is 6.73. The van der Waals surface area contributed by atoms with Crippen LogP contribution in [0.3, 0.4) is 0 Å². The lowest BCUT2D eigenvalue weighted by atomic mass is 10.1. The van der Waals surface area contributed by atoms with Gasteiger partial charge in [0.05, 0.1) is 12.8 Å². The summed E-state index contributed by atoms with van der Waals surface area (Å²) >= 11 is 0. The number of benzene rings is 2. The summed E-state index contributed by atoms with van der Waals surface area (Å²) in [6.07, 6.45) is 0. The molecule has 0 saturated carbocycles. The third-order valence-electron chi connectivity index (χ3n) is 3.46. The zero-order valence-electron chi connectivity index (χ0n) is 12.6. The number of carbonyl (C=O) groups excluding carboxylic acids is 2. The molecule has 0 aliphatic rings. The van der Waals surface area contributed by atoms with Crippen molar-refractivity contribution in [3.63, 3.8) is 0 Å². The highest BCUT2D eigenvalue weighted by atomic mass is 16.5. The average molecular weight is 299 g/mol. The number of carbonyl (C=O) groups is 2. The molecule has 0 fully saturated rings. The van der Waals surface area contributed by atoms with E-state index in [1.807, 2.05) is 19.9 Å². The van der Waals surface area contributed by atoms with Crippen LogP contribution in [0.15, 0.2) is 36.4 Å². The normalized spacial score (nSPS) is 10.1. The van der Waals surface area contributed by atoms with E-state index in [1.54, 1.807) is 18.2 Å². The Morgan fingerprint density at radius 3 is 2.45 bits per heavy atom. The lowest BCUT2D eigenvalue weighted by Gasteiger charge is -2.11. The van der Waals surface area contributed by atoms with Crippen LogP contribution in [-0.4, -0.2) is 24.1 Å². The predicted molar refractivity (Wildman–Crippen MR) is 83.3 cm³/mol. The van der Waals surface area contributed by atoms with Gasteiger partial charge in [0.2, 0.25) is 0 Å². The number of hydrogen-bond acceptors (Lipinski definition) is 4. The molecule has 1 amide bonds. The summed E-state index contributed by atoms with van der Waals surface area (Å²) in [7, 11) is 1.22. The van der Waals surface area contributed by atoms with Crippen molar-refractivity contribution in [2.24, 2.45) is 0 Å². The monoisotopic (exact) mass is 299 g/mol. The number of aryl methyl sites for hydroxylation is 2. The topological polar surface area (TPSA) is 75.6 Å². The van der Waals surface area contributed by atoms with E-state index in [9.17, 15) is 14.7 Å². The van der Waals surface area contributed by atoms with E-state index in [1.165, 1.54) is 19.2 Å². The SMILES string of the molecule is COC(=O)c1cccc(NC(=O)c2ccc(C)c(C)c2)c1O. The Bertz CT molecular complexity index is 737. The fraction of sp³-hybridized carbons (Fsp3) is 0.176. The number of aromatic hydroxyl groups is 1. The van der Waals surface area contributed by atoms with E-state index in [0.29, 0.717) is 5.56 Å². The number of methoxy groups -OCH3 is 1. The van der Waals surface area contributed by atoms with E-state index in [2.05, 4.69) is 10.1 Å². The van der Waals surface area contributed by atoms with Crippen LogP contribution in [0.1, 0.15) is 31.8 Å². The van der Waals surface area contributed by atoms with Gasteiger partial charge in [0.15, 0.2) is 5.75 Å². The van der Waals surface area contributed by atoms with Crippen molar-refractivity contribution in [1.29, 1.82) is 0 Å². The van der Waals surface area contributed by atoms with Gasteiger partial charge in [0.1, 0.15) is 5.56 Å². The predicted octanol–water partition coefficient (Wildman–Crippen LogP) is 3.05. The highest BCUT2D eigenvalue weighted by Gasteiger charge is 2.16. The van der Waals surface area contributed by atoms with Gasteiger partial charge in [-0.2, -0.15) is 0 Å². The Labute approximate surface area is 128 Å². The maximum Gasteiger partial charge on any atom is 0.341 e. The summed E-state index contributed by atoms with van der Waals surface area (Å²) in [5.74, 6) is -1.34. The van der Waals surface area contributed by atoms with Gasteiger partial charge in [-0.15, -0.1) is 0 Å². The highest BCUT2D eigenvalue weighted by molar-refractivity contribution is 6.06. The third kappa shape index (κ3) is 3.09. The Kier molecular flexibility index (Phi) is 4.46. The van der Waals surface area contributed by atoms with Crippen LogP contribution >= 0.6 is 0 Å². The summed E-state index contributed by atoms with van der Waals surface area (Å²) in [6, 6.07) is 9.83. The first-order chi connectivity index (χ1) is 10.4. The second kappa shape index (κ2) is 6.30. The Morgan fingerprint density at radius 2 is 1.82 bits per heavy atom. The molecule has 5 nitrogen and oxygen atoms in total. The molecule has 0 aromatic heterocycles. The number of nitrogens with one attached hydrogen (secondary N) is 1. The van der Waals surface area contributed by atoms with E-state index in [0.717, 1.165) is 11.1 Å². The minimum atomic E-state index is -0.667. The van der Waals surface area contributed by atoms with Crippen molar-refractivity contribution in [3.05, 3.63) is 58.7 Å². The number of rotatable bonds is 3. The van der Waals surface area contributed by atoms with Crippen LogP contribution < -0.4 is 5.32 Å². The van der Waals surface area contributed by atoms with Crippen molar-refractivity contribution in [1.82, 2.24) is 0 Å². The zero-order chi connectivity index (χ0) is 16.3. The molecule has 2 rings (SSSR count). The molecule has 0 heterocycles. The van der Waals surface area contributed by atoms with Gasteiger partial charge in [-0.05, 0) is 49.2 Å². The molecule has 22 heavy (non-hydrogen) atoms. The number of anilines is 1. The number of para-hydroxylation sites is 1. The van der Waals surface area contributed by atoms with Gasteiger partial charge in [-0.25, -0.2) is 4.79 Å². The summed E-state index contributed by atoms with van der Waals surface area (Å²) < 4.78 is 4.58. The second-order valence-electron chi connectivity index (χ2n) is 4.95. The molecule has 0 radical (unpaired) electrons. The van der Waals surface area contributed by atoms with Crippen molar-refractivity contribution in [2.45, 2.75) is 13.8 Å². The minimum absolute atomic E-state index is 0.000358. The fourth-order valence-electron chi connectivity index (χ4n) is 2.00. The van der Waals surface area contributed by atoms with Crippen LogP contribution in [0.25, 0.3) is 0 Å². The quantitative estimate of drug-likeness (QED) is 0.674. The van der Waals surface area contributed by atoms with Crippen LogP contribution in [-0.2, 0) is 4.74 Å². The van der Waals surface area contributed by atoms with E-state index in [4.69, 9.17) is 0 Å². The standard InChI is InChI=1S/C17H17NO4/c1-10-7-8-12(9-11(10)2)16(20)18-14-6-4-5-13(15(14)19)17(21)22-3/h4-9,19H,1-3H3,(H,18,20). The van der Waals surface area contributed by atoms with Crippen LogP contribution in [0.4, 0.5) is 5.69 Å². The molecular formula is C17H17NO4. The van der Waals surface area contributed by atoms with Crippen molar-refractivity contribution >= 4 is 17.6 Å². The van der Waals surface area contributed by atoms with E-state index < -0.39 is 5.97 Å². The van der Waals surface area contributed by atoms with Crippen molar-refractivity contribution in [2.75, 3.05) is 12.4 Å². The molecule has 0 atom stereocenters. The first-order valence-corrected chi connectivity index (χ1v) is 6.73. The molecule has 0 spiro atoms. The summed E-state index contributed by atoms with van der Waals surface area (Å²) in [6.45, 7) is 3.88. The fourth-order valence-corrected chi connectivity index (χ4v) is 2.00. The Balaban J connectivity index is 2.28. The lowest BCUT2D eigenvalue weighted by molar-refractivity contribution is 0.0597. The van der Waals surface area contributed by atoms with E-state index in [-0.39, 0.29) is 22.9 Å². The number of amides is 1.